The summed E-state index contributed by atoms with van der Waals surface area (Å²) in [7, 11) is 0. The standard InChI is InChI=1S/C20H27N3O2.2ClH/c1-16-6-7-19(17(2)13-16)25-15-18(24)14-22-9-11-23(12-10-22)20-5-3-4-8-21-20;;/h3-8,13,18,24H,9-12,14-15H2,1-2H3;2*1H/p-2. The van der Waals surface area contributed by atoms with Gasteiger partial charge in [0.15, 0.2) is 0 Å². The largest absolute Gasteiger partial charge is 1.00 e. The average molecular weight is 412 g/mol. The Kier molecular flexibility index (Phi) is 9.88. The van der Waals surface area contributed by atoms with Crippen molar-refractivity contribution in [2.75, 3.05) is 44.2 Å². The average Bonchev–Trinajstić information content (AvgIpc) is 2.62. The van der Waals surface area contributed by atoms with E-state index in [0.29, 0.717) is 13.2 Å². The van der Waals surface area contributed by atoms with E-state index in [1.54, 1.807) is 0 Å². The lowest BCUT2D eigenvalue weighted by Gasteiger charge is -2.36. The van der Waals surface area contributed by atoms with Gasteiger partial charge in [0.2, 0.25) is 0 Å². The van der Waals surface area contributed by atoms with E-state index in [4.69, 9.17) is 4.74 Å². The first-order valence-electron chi connectivity index (χ1n) is 8.88. The lowest BCUT2D eigenvalue weighted by Crippen LogP contribution is -3.00. The Morgan fingerprint density at radius 1 is 1.07 bits per heavy atom. The summed E-state index contributed by atoms with van der Waals surface area (Å²) in [6.07, 6.45) is 1.35. The third-order valence-corrected chi connectivity index (χ3v) is 4.58. The van der Waals surface area contributed by atoms with E-state index in [0.717, 1.165) is 43.3 Å². The first kappa shape index (κ1) is 23.5. The number of β-amino-alcohol motifs (C(OH)–C–C–N with tert-alkyl or cyclic N) is 1. The highest BCUT2D eigenvalue weighted by atomic mass is 35.5. The molecular weight excluding hydrogens is 385 g/mol. The third kappa shape index (κ3) is 6.85. The van der Waals surface area contributed by atoms with Crippen LogP contribution in [0.15, 0.2) is 42.6 Å². The van der Waals surface area contributed by atoms with Gasteiger partial charge in [-0.1, -0.05) is 23.8 Å². The summed E-state index contributed by atoms with van der Waals surface area (Å²) < 4.78 is 5.79. The minimum Gasteiger partial charge on any atom is -1.00 e. The lowest BCUT2D eigenvalue weighted by atomic mass is 10.1. The molecule has 2 aromatic rings. The van der Waals surface area contributed by atoms with Crippen LogP contribution in [-0.4, -0.2) is 60.4 Å². The molecule has 0 bridgehead atoms. The number of aromatic nitrogens is 1. The zero-order valence-electron chi connectivity index (χ0n) is 15.8. The van der Waals surface area contributed by atoms with E-state index in [2.05, 4.69) is 27.8 Å². The Balaban J connectivity index is 0.00000182. The number of benzene rings is 1. The minimum atomic E-state index is -0.484. The maximum Gasteiger partial charge on any atom is 0.128 e. The van der Waals surface area contributed by atoms with Crippen molar-refractivity contribution in [3.8, 4) is 5.75 Å². The smallest absolute Gasteiger partial charge is 0.128 e. The van der Waals surface area contributed by atoms with Crippen molar-refractivity contribution in [1.82, 2.24) is 9.88 Å². The first-order valence-corrected chi connectivity index (χ1v) is 8.88. The van der Waals surface area contributed by atoms with Crippen molar-refractivity contribution in [2.24, 2.45) is 0 Å². The monoisotopic (exact) mass is 411 g/mol. The van der Waals surface area contributed by atoms with Crippen molar-refractivity contribution in [3.05, 3.63) is 53.7 Å². The minimum absolute atomic E-state index is 0. The quantitative estimate of drug-likeness (QED) is 0.529. The van der Waals surface area contributed by atoms with Crippen molar-refractivity contribution in [1.29, 1.82) is 0 Å². The van der Waals surface area contributed by atoms with Gasteiger partial charge in [-0.05, 0) is 37.6 Å². The Morgan fingerprint density at radius 2 is 1.81 bits per heavy atom. The molecule has 5 nitrogen and oxygen atoms in total. The van der Waals surface area contributed by atoms with Gasteiger partial charge in [0.05, 0.1) is 0 Å². The van der Waals surface area contributed by atoms with Gasteiger partial charge in [0, 0.05) is 38.9 Å². The van der Waals surface area contributed by atoms with Crippen molar-refractivity contribution >= 4 is 5.82 Å². The van der Waals surface area contributed by atoms with Gasteiger partial charge in [-0.15, -0.1) is 0 Å². The fourth-order valence-electron chi connectivity index (χ4n) is 3.20. The summed E-state index contributed by atoms with van der Waals surface area (Å²) in [4.78, 5) is 8.98. The van der Waals surface area contributed by atoms with E-state index in [-0.39, 0.29) is 24.8 Å². The van der Waals surface area contributed by atoms with Gasteiger partial charge in [-0.3, -0.25) is 4.90 Å². The molecule has 27 heavy (non-hydrogen) atoms. The maximum atomic E-state index is 10.3. The van der Waals surface area contributed by atoms with Crippen LogP contribution in [0.2, 0.25) is 0 Å². The number of pyridine rings is 1. The van der Waals surface area contributed by atoms with E-state index in [9.17, 15) is 5.11 Å². The van der Waals surface area contributed by atoms with Crippen molar-refractivity contribution in [3.63, 3.8) is 0 Å². The topological polar surface area (TPSA) is 48.8 Å². The number of hydrogen-bond acceptors (Lipinski definition) is 5. The summed E-state index contributed by atoms with van der Waals surface area (Å²) in [5.74, 6) is 1.88. The van der Waals surface area contributed by atoms with E-state index < -0.39 is 6.10 Å². The molecule has 1 fully saturated rings. The van der Waals surface area contributed by atoms with Crippen molar-refractivity contribution < 1.29 is 34.7 Å². The molecular formula is C20H27Cl2N3O2-2. The van der Waals surface area contributed by atoms with Crippen LogP contribution in [0.1, 0.15) is 11.1 Å². The summed E-state index contributed by atoms with van der Waals surface area (Å²) in [5.41, 5.74) is 2.33. The molecule has 7 heteroatoms. The number of anilines is 1. The van der Waals surface area contributed by atoms with E-state index in [1.165, 1.54) is 5.56 Å². The van der Waals surface area contributed by atoms with Crippen molar-refractivity contribution in [2.45, 2.75) is 20.0 Å². The second-order valence-corrected chi connectivity index (χ2v) is 6.71. The van der Waals surface area contributed by atoms with Gasteiger partial charge < -0.3 is 39.6 Å². The second kappa shape index (κ2) is 11.3. The number of nitrogens with zero attached hydrogens (tertiary/aromatic N) is 3. The van der Waals surface area contributed by atoms with Crippen LogP contribution < -0.4 is 34.5 Å². The Morgan fingerprint density at radius 3 is 2.44 bits per heavy atom. The normalized spacial score (nSPS) is 15.4. The van der Waals surface area contributed by atoms with Crippen LogP contribution in [0.3, 0.4) is 0 Å². The molecule has 1 aromatic carbocycles. The number of aryl methyl sites for hydroxylation is 2. The van der Waals surface area contributed by atoms with Crippen LogP contribution in [0.25, 0.3) is 0 Å². The molecule has 1 N–H and O–H groups in total. The molecule has 0 aliphatic carbocycles. The SMILES string of the molecule is Cc1ccc(OCC(O)CN2CCN(c3ccccn3)CC2)c(C)c1.[Cl-].[Cl-]. The zero-order chi connectivity index (χ0) is 17.6. The Labute approximate surface area is 174 Å². The number of piperazine rings is 1. The molecule has 1 unspecified atom stereocenters. The van der Waals surface area contributed by atoms with Gasteiger partial charge in [0.1, 0.15) is 24.3 Å². The summed E-state index contributed by atoms with van der Waals surface area (Å²) in [6, 6.07) is 12.1. The zero-order valence-corrected chi connectivity index (χ0v) is 17.3. The number of aliphatic hydroxyl groups is 1. The Bertz CT molecular complexity index is 680. The van der Waals surface area contributed by atoms with Gasteiger partial charge in [0.25, 0.3) is 0 Å². The molecule has 1 aliphatic heterocycles. The molecule has 0 saturated carbocycles. The molecule has 3 rings (SSSR count). The summed E-state index contributed by atoms with van der Waals surface area (Å²) in [5, 5.41) is 10.3. The van der Waals surface area contributed by atoms with Crippen LogP contribution in [0, 0.1) is 13.8 Å². The molecule has 1 aromatic heterocycles. The third-order valence-electron chi connectivity index (χ3n) is 4.58. The highest BCUT2D eigenvalue weighted by molar-refractivity contribution is 5.38. The molecule has 2 heterocycles. The molecule has 1 atom stereocenters. The highest BCUT2D eigenvalue weighted by Crippen LogP contribution is 2.19. The van der Waals surface area contributed by atoms with Gasteiger partial charge in [-0.25, -0.2) is 4.98 Å². The number of halogens is 2. The number of ether oxygens (including phenoxy) is 1. The molecule has 1 aliphatic rings. The molecule has 0 radical (unpaired) electrons. The Hall–Kier alpha value is -1.53. The van der Waals surface area contributed by atoms with Crippen LogP contribution in [0.4, 0.5) is 5.82 Å². The van der Waals surface area contributed by atoms with Gasteiger partial charge >= 0.3 is 0 Å². The van der Waals surface area contributed by atoms with E-state index in [1.807, 2.05) is 43.5 Å². The predicted octanol–water partition coefficient (Wildman–Crippen LogP) is -3.73. The van der Waals surface area contributed by atoms with Gasteiger partial charge in [-0.2, -0.15) is 0 Å². The number of aliphatic hydroxyl groups excluding tert-OH is 1. The summed E-state index contributed by atoms with van der Waals surface area (Å²) in [6.45, 7) is 8.78. The lowest BCUT2D eigenvalue weighted by molar-refractivity contribution is -0.001000. The van der Waals surface area contributed by atoms with E-state index >= 15 is 0 Å². The number of hydrogen-bond donors (Lipinski definition) is 1. The van der Waals surface area contributed by atoms with Crippen LogP contribution in [0.5, 0.6) is 5.75 Å². The fourth-order valence-corrected chi connectivity index (χ4v) is 3.20. The van der Waals surface area contributed by atoms with Crippen LogP contribution in [-0.2, 0) is 0 Å². The molecule has 1 saturated heterocycles. The fraction of sp³-hybridized carbons (Fsp3) is 0.450. The highest BCUT2D eigenvalue weighted by Gasteiger charge is 2.20. The molecule has 150 valence electrons. The summed E-state index contributed by atoms with van der Waals surface area (Å²) >= 11 is 0. The molecule has 0 amide bonds. The number of rotatable bonds is 6. The molecule has 0 spiro atoms. The van der Waals surface area contributed by atoms with Crippen LogP contribution >= 0.6 is 0 Å². The first-order chi connectivity index (χ1) is 12.1. The maximum absolute atomic E-state index is 10.3. The second-order valence-electron chi connectivity index (χ2n) is 6.71. The predicted molar refractivity (Wildman–Crippen MR) is 100 cm³/mol.